The first kappa shape index (κ1) is 20.5. The van der Waals surface area contributed by atoms with Gasteiger partial charge in [0.15, 0.2) is 0 Å². The summed E-state index contributed by atoms with van der Waals surface area (Å²) in [5.74, 6) is 0.449. The average molecular weight is 438 g/mol. The molecule has 0 aliphatic rings. The molecule has 1 heterocycles. The molecule has 1 amide bonds. The molecule has 0 radical (unpaired) electrons. The maximum absolute atomic E-state index is 13.2. The van der Waals surface area contributed by atoms with E-state index in [-0.39, 0.29) is 23.5 Å². The molecule has 7 nitrogen and oxygen atoms in total. The number of benzene rings is 3. The molecule has 4 rings (SSSR count). The maximum Gasteiger partial charge on any atom is 0.255 e. The van der Waals surface area contributed by atoms with Crippen LogP contribution in [-0.4, -0.2) is 26.5 Å². The van der Waals surface area contributed by atoms with Gasteiger partial charge in [0.25, 0.3) is 5.91 Å². The van der Waals surface area contributed by atoms with Gasteiger partial charge in [-0.2, -0.15) is 5.21 Å². The number of carbonyl (C=O) groups excluding carboxylic acids is 1. The number of ether oxygens (including phenoxy) is 1. The van der Waals surface area contributed by atoms with Crippen molar-refractivity contribution < 1.29 is 13.9 Å². The van der Waals surface area contributed by atoms with Crippen LogP contribution < -0.4 is 10.1 Å². The van der Waals surface area contributed by atoms with Gasteiger partial charge in [-0.25, -0.2) is 4.39 Å². The highest BCUT2D eigenvalue weighted by molar-refractivity contribution is 6.30. The molecule has 4 aromatic rings. The van der Waals surface area contributed by atoms with Crippen LogP contribution in [0.15, 0.2) is 66.7 Å². The number of halogens is 2. The molecule has 31 heavy (non-hydrogen) atoms. The maximum atomic E-state index is 13.2. The van der Waals surface area contributed by atoms with Crippen LogP contribution >= 0.6 is 11.6 Å². The molecule has 1 aromatic heterocycles. The first-order chi connectivity index (χ1) is 15.0. The number of tetrazole rings is 1. The zero-order valence-electron chi connectivity index (χ0n) is 16.3. The second-order valence-electron chi connectivity index (χ2n) is 6.75. The summed E-state index contributed by atoms with van der Waals surface area (Å²) in [4.78, 5) is 12.9. The Labute approximate surface area is 182 Å². The third-order valence-corrected chi connectivity index (χ3v) is 4.83. The normalized spacial score (nSPS) is 11.7. The SMILES string of the molecule is C[C@H](NC(=O)c1ccc(Cl)cc1Oc1ccc(F)cc1)c1ccc(-c2nn[nH]n2)cc1. The lowest BCUT2D eigenvalue weighted by Gasteiger charge is -2.17. The van der Waals surface area contributed by atoms with Crippen molar-refractivity contribution in [1.29, 1.82) is 0 Å². The lowest BCUT2D eigenvalue weighted by atomic mass is 10.0. The summed E-state index contributed by atoms with van der Waals surface area (Å²) in [6.07, 6.45) is 0. The summed E-state index contributed by atoms with van der Waals surface area (Å²) < 4.78 is 18.9. The van der Waals surface area contributed by atoms with E-state index in [9.17, 15) is 9.18 Å². The first-order valence-electron chi connectivity index (χ1n) is 9.37. The summed E-state index contributed by atoms with van der Waals surface area (Å²) in [6.45, 7) is 1.87. The second kappa shape index (κ2) is 8.93. The summed E-state index contributed by atoms with van der Waals surface area (Å²) in [5, 5.41) is 17.2. The fraction of sp³-hybridized carbons (Fsp3) is 0.0909. The van der Waals surface area contributed by atoms with Gasteiger partial charge in [-0.3, -0.25) is 4.79 Å². The van der Waals surface area contributed by atoms with Crippen LogP contribution in [0.4, 0.5) is 4.39 Å². The molecule has 0 bridgehead atoms. The summed E-state index contributed by atoms with van der Waals surface area (Å²) in [6, 6.07) is 17.5. The van der Waals surface area contributed by atoms with Gasteiger partial charge in [-0.1, -0.05) is 35.9 Å². The van der Waals surface area contributed by atoms with Crippen molar-refractivity contribution in [3.05, 3.63) is 88.7 Å². The molecule has 0 aliphatic carbocycles. The Morgan fingerprint density at radius 3 is 2.52 bits per heavy atom. The molecule has 0 saturated heterocycles. The van der Waals surface area contributed by atoms with Crippen molar-refractivity contribution in [1.82, 2.24) is 25.9 Å². The van der Waals surface area contributed by atoms with E-state index in [1.54, 1.807) is 18.2 Å². The number of aromatic amines is 1. The van der Waals surface area contributed by atoms with Gasteiger partial charge in [0, 0.05) is 16.7 Å². The molecule has 1 atom stereocenters. The fourth-order valence-electron chi connectivity index (χ4n) is 2.96. The van der Waals surface area contributed by atoms with E-state index in [1.807, 2.05) is 31.2 Å². The quantitative estimate of drug-likeness (QED) is 0.445. The van der Waals surface area contributed by atoms with Crippen molar-refractivity contribution >= 4 is 17.5 Å². The van der Waals surface area contributed by atoms with Crippen LogP contribution in [0, 0.1) is 5.82 Å². The minimum Gasteiger partial charge on any atom is -0.456 e. The highest BCUT2D eigenvalue weighted by Gasteiger charge is 2.17. The van der Waals surface area contributed by atoms with Crippen molar-refractivity contribution in [3.63, 3.8) is 0 Å². The first-order valence-corrected chi connectivity index (χ1v) is 9.75. The molecule has 0 fully saturated rings. The Morgan fingerprint density at radius 2 is 1.84 bits per heavy atom. The predicted octanol–water partition coefficient (Wildman–Crippen LogP) is 4.94. The molecule has 0 spiro atoms. The van der Waals surface area contributed by atoms with E-state index in [4.69, 9.17) is 16.3 Å². The molecule has 9 heteroatoms. The van der Waals surface area contributed by atoms with E-state index < -0.39 is 0 Å². The molecule has 2 N–H and O–H groups in total. The molecular weight excluding hydrogens is 421 g/mol. The largest absolute Gasteiger partial charge is 0.456 e. The second-order valence-corrected chi connectivity index (χ2v) is 7.19. The minimum atomic E-state index is -0.379. The topological polar surface area (TPSA) is 92.8 Å². The molecule has 0 aliphatic heterocycles. The standard InChI is InChI=1S/C22H17ClFN5O2/c1-13(14-2-4-15(5-3-14)21-26-28-29-27-21)25-22(30)19-11-6-16(23)12-20(19)31-18-9-7-17(24)8-10-18/h2-13H,1H3,(H,25,30)(H,26,27,28,29)/t13-/m0/s1. The zero-order valence-corrected chi connectivity index (χ0v) is 17.1. The van der Waals surface area contributed by atoms with Gasteiger partial charge >= 0.3 is 0 Å². The average Bonchev–Trinajstić information content (AvgIpc) is 3.30. The number of rotatable bonds is 6. The highest BCUT2D eigenvalue weighted by Crippen LogP contribution is 2.29. The van der Waals surface area contributed by atoms with E-state index >= 15 is 0 Å². The van der Waals surface area contributed by atoms with Crippen LogP contribution in [0.2, 0.25) is 5.02 Å². The zero-order chi connectivity index (χ0) is 21.8. The van der Waals surface area contributed by atoms with Crippen LogP contribution in [-0.2, 0) is 0 Å². The van der Waals surface area contributed by atoms with Gasteiger partial charge in [0.1, 0.15) is 17.3 Å². The van der Waals surface area contributed by atoms with Crippen LogP contribution in [0.3, 0.4) is 0 Å². The lowest BCUT2D eigenvalue weighted by Crippen LogP contribution is -2.27. The number of amides is 1. The van der Waals surface area contributed by atoms with Gasteiger partial charge in [0.2, 0.25) is 5.82 Å². The summed E-state index contributed by atoms with van der Waals surface area (Å²) >= 11 is 6.08. The van der Waals surface area contributed by atoms with Crippen molar-refractivity contribution in [2.24, 2.45) is 0 Å². The molecule has 0 saturated carbocycles. The van der Waals surface area contributed by atoms with Crippen LogP contribution in [0.1, 0.15) is 28.9 Å². The third kappa shape index (κ3) is 4.87. The fourth-order valence-corrected chi connectivity index (χ4v) is 3.12. The van der Waals surface area contributed by atoms with Crippen molar-refractivity contribution in [2.75, 3.05) is 0 Å². The Kier molecular flexibility index (Phi) is 5.90. The Balaban J connectivity index is 1.50. The smallest absolute Gasteiger partial charge is 0.255 e. The van der Waals surface area contributed by atoms with E-state index in [2.05, 4.69) is 25.9 Å². The monoisotopic (exact) mass is 437 g/mol. The Hall–Kier alpha value is -3.78. The Bertz CT molecular complexity index is 1180. The van der Waals surface area contributed by atoms with Crippen LogP contribution in [0.25, 0.3) is 11.4 Å². The number of H-pyrrole nitrogens is 1. The van der Waals surface area contributed by atoms with E-state index in [0.717, 1.165) is 11.1 Å². The van der Waals surface area contributed by atoms with Crippen molar-refractivity contribution in [2.45, 2.75) is 13.0 Å². The number of aromatic nitrogens is 4. The van der Waals surface area contributed by atoms with Crippen molar-refractivity contribution in [3.8, 4) is 22.9 Å². The molecule has 3 aromatic carbocycles. The lowest BCUT2D eigenvalue weighted by molar-refractivity contribution is 0.0937. The number of carbonyl (C=O) groups is 1. The van der Waals surface area contributed by atoms with E-state index in [0.29, 0.717) is 22.2 Å². The van der Waals surface area contributed by atoms with Crippen LogP contribution in [0.5, 0.6) is 11.5 Å². The van der Waals surface area contributed by atoms with Gasteiger partial charge in [-0.15, -0.1) is 10.2 Å². The number of hydrogen-bond acceptors (Lipinski definition) is 5. The van der Waals surface area contributed by atoms with Gasteiger partial charge in [0.05, 0.1) is 11.6 Å². The number of nitrogens with one attached hydrogen (secondary N) is 2. The summed E-state index contributed by atoms with van der Waals surface area (Å²) in [7, 11) is 0. The van der Waals surface area contributed by atoms with E-state index in [1.165, 1.54) is 24.3 Å². The molecular formula is C22H17ClFN5O2. The predicted molar refractivity (Wildman–Crippen MR) is 113 cm³/mol. The van der Waals surface area contributed by atoms with Gasteiger partial charge < -0.3 is 10.1 Å². The third-order valence-electron chi connectivity index (χ3n) is 4.59. The molecule has 0 unspecified atom stereocenters. The summed E-state index contributed by atoms with van der Waals surface area (Å²) in [5.41, 5.74) is 2.02. The van der Waals surface area contributed by atoms with Gasteiger partial charge in [-0.05, 0) is 54.1 Å². The highest BCUT2D eigenvalue weighted by atomic mass is 35.5. The minimum absolute atomic E-state index is 0.274. The molecule has 156 valence electrons. The Morgan fingerprint density at radius 1 is 1.10 bits per heavy atom. The number of hydrogen-bond donors (Lipinski definition) is 2. The number of nitrogens with zero attached hydrogens (tertiary/aromatic N) is 3.